The van der Waals surface area contributed by atoms with Gasteiger partial charge in [0.1, 0.15) is 0 Å². The van der Waals surface area contributed by atoms with Crippen molar-refractivity contribution in [2.75, 3.05) is 7.11 Å². The van der Waals surface area contributed by atoms with Gasteiger partial charge >= 0.3 is 0 Å². The molecule has 1 aromatic carbocycles. The third-order valence-corrected chi connectivity index (χ3v) is 3.24. The summed E-state index contributed by atoms with van der Waals surface area (Å²) in [5, 5.41) is 3.47. The fraction of sp³-hybridized carbons (Fsp3) is 0.438. The maximum Gasteiger partial charge on any atom is 0.0951 e. The second-order valence-corrected chi connectivity index (χ2v) is 5.24. The van der Waals surface area contributed by atoms with Crippen molar-refractivity contribution >= 4 is 0 Å². The molecule has 0 radical (unpaired) electrons. The average molecular weight is 273 g/mol. The van der Waals surface area contributed by atoms with E-state index in [0.717, 1.165) is 13.1 Å². The Morgan fingerprint density at radius 1 is 1.25 bits per heavy atom. The van der Waals surface area contributed by atoms with E-state index >= 15 is 0 Å². The zero-order chi connectivity index (χ0) is 14.4. The van der Waals surface area contributed by atoms with Crippen molar-refractivity contribution in [3.63, 3.8) is 0 Å². The van der Waals surface area contributed by atoms with E-state index < -0.39 is 0 Å². The lowest BCUT2D eigenvalue weighted by molar-refractivity contribution is 0.185. The Labute approximate surface area is 120 Å². The molecular weight excluding hydrogens is 250 g/mol. The van der Waals surface area contributed by atoms with Gasteiger partial charge in [-0.1, -0.05) is 24.3 Å². The zero-order valence-corrected chi connectivity index (χ0v) is 12.5. The van der Waals surface area contributed by atoms with Gasteiger partial charge in [0, 0.05) is 32.4 Å². The van der Waals surface area contributed by atoms with Crippen molar-refractivity contribution in [1.29, 1.82) is 0 Å². The molecule has 0 atom stereocenters. The van der Waals surface area contributed by atoms with E-state index in [4.69, 9.17) is 4.74 Å². The highest BCUT2D eigenvalue weighted by Crippen LogP contribution is 2.10. The summed E-state index contributed by atoms with van der Waals surface area (Å²) in [5.41, 5.74) is 3.70. The quantitative estimate of drug-likeness (QED) is 0.843. The first-order valence-electron chi connectivity index (χ1n) is 6.99. The third-order valence-electron chi connectivity index (χ3n) is 3.24. The minimum absolute atomic E-state index is 0.444. The molecule has 4 nitrogen and oxygen atoms in total. The van der Waals surface area contributed by atoms with Crippen molar-refractivity contribution in [2.24, 2.45) is 0 Å². The molecule has 0 aliphatic carbocycles. The van der Waals surface area contributed by atoms with Gasteiger partial charge in [-0.05, 0) is 25.0 Å². The fourth-order valence-electron chi connectivity index (χ4n) is 2.26. The first-order valence-corrected chi connectivity index (χ1v) is 6.99. The second-order valence-electron chi connectivity index (χ2n) is 5.24. The number of imidazole rings is 1. The Kier molecular flexibility index (Phi) is 5.32. The number of nitrogens with zero attached hydrogens (tertiary/aromatic N) is 2. The Hall–Kier alpha value is -1.65. The standard InChI is InChI=1S/C16H23N3O/c1-13(2)19-12-18-10-16(19)9-17-8-14-5-4-6-15(7-14)11-20-3/h4-7,10,12-13,17H,8-9,11H2,1-3H3. The van der Waals surface area contributed by atoms with Gasteiger partial charge in [-0.25, -0.2) is 4.98 Å². The molecule has 0 unspecified atom stereocenters. The monoisotopic (exact) mass is 273 g/mol. The predicted octanol–water partition coefficient (Wildman–Crippen LogP) is 2.90. The molecule has 2 aromatic rings. The highest BCUT2D eigenvalue weighted by atomic mass is 16.5. The number of nitrogens with one attached hydrogen (secondary N) is 1. The van der Waals surface area contributed by atoms with E-state index in [2.05, 4.69) is 53.0 Å². The van der Waals surface area contributed by atoms with Crippen LogP contribution in [0.25, 0.3) is 0 Å². The summed E-state index contributed by atoms with van der Waals surface area (Å²) in [7, 11) is 1.72. The Balaban J connectivity index is 1.89. The summed E-state index contributed by atoms with van der Waals surface area (Å²) in [6.07, 6.45) is 3.81. The topological polar surface area (TPSA) is 39.1 Å². The van der Waals surface area contributed by atoms with Crippen molar-refractivity contribution in [2.45, 2.75) is 39.6 Å². The van der Waals surface area contributed by atoms with E-state index in [9.17, 15) is 0 Å². The average Bonchev–Trinajstić information content (AvgIpc) is 2.88. The molecule has 1 aromatic heterocycles. The van der Waals surface area contributed by atoms with Crippen LogP contribution in [0.1, 0.15) is 36.7 Å². The lowest BCUT2D eigenvalue weighted by atomic mass is 10.1. The number of rotatable bonds is 7. The molecule has 0 spiro atoms. The van der Waals surface area contributed by atoms with E-state index in [1.165, 1.54) is 16.8 Å². The van der Waals surface area contributed by atoms with Crippen molar-refractivity contribution in [1.82, 2.24) is 14.9 Å². The number of hydrogen-bond donors (Lipinski definition) is 1. The number of benzene rings is 1. The molecule has 108 valence electrons. The normalized spacial score (nSPS) is 11.2. The van der Waals surface area contributed by atoms with Gasteiger partial charge in [0.2, 0.25) is 0 Å². The minimum atomic E-state index is 0.444. The minimum Gasteiger partial charge on any atom is -0.380 e. The van der Waals surface area contributed by atoms with Crippen LogP contribution in [-0.4, -0.2) is 16.7 Å². The number of aromatic nitrogens is 2. The van der Waals surface area contributed by atoms with Crippen LogP contribution in [0.4, 0.5) is 0 Å². The maximum atomic E-state index is 5.16. The largest absolute Gasteiger partial charge is 0.380 e. The van der Waals surface area contributed by atoms with Crippen LogP contribution in [-0.2, 0) is 24.4 Å². The van der Waals surface area contributed by atoms with Gasteiger partial charge in [-0.15, -0.1) is 0 Å². The molecular formula is C16H23N3O. The van der Waals surface area contributed by atoms with Crippen LogP contribution in [0.3, 0.4) is 0 Å². The molecule has 0 saturated carbocycles. The predicted molar refractivity (Wildman–Crippen MR) is 80.3 cm³/mol. The van der Waals surface area contributed by atoms with Gasteiger partial charge in [0.25, 0.3) is 0 Å². The van der Waals surface area contributed by atoms with Gasteiger partial charge in [0.05, 0.1) is 18.6 Å². The van der Waals surface area contributed by atoms with Crippen molar-refractivity contribution < 1.29 is 4.74 Å². The van der Waals surface area contributed by atoms with Gasteiger partial charge < -0.3 is 14.6 Å². The molecule has 4 heteroatoms. The van der Waals surface area contributed by atoms with E-state index in [0.29, 0.717) is 12.6 Å². The molecule has 1 N–H and O–H groups in total. The van der Waals surface area contributed by atoms with Crippen molar-refractivity contribution in [3.8, 4) is 0 Å². The highest BCUT2D eigenvalue weighted by molar-refractivity contribution is 5.22. The summed E-state index contributed by atoms with van der Waals surface area (Å²) in [6.45, 7) is 6.67. The first-order chi connectivity index (χ1) is 9.70. The highest BCUT2D eigenvalue weighted by Gasteiger charge is 2.04. The Bertz CT molecular complexity index is 534. The van der Waals surface area contributed by atoms with Crippen LogP contribution >= 0.6 is 0 Å². The Morgan fingerprint density at radius 2 is 2.05 bits per heavy atom. The van der Waals surface area contributed by atoms with Crippen LogP contribution in [0.5, 0.6) is 0 Å². The van der Waals surface area contributed by atoms with Crippen LogP contribution in [0.2, 0.25) is 0 Å². The first kappa shape index (κ1) is 14.8. The molecule has 20 heavy (non-hydrogen) atoms. The molecule has 0 saturated heterocycles. The summed E-state index contributed by atoms with van der Waals surface area (Å²) < 4.78 is 7.35. The zero-order valence-electron chi connectivity index (χ0n) is 12.5. The number of methoxy groups -OCH3 is 1. The maximum absolute atomic E-state index is 5.16. The van der Waals surface area contributed by atoms with E-state index in [-0.39, 0.29) is 0 Å². The van der Waals surface area contributed by atoms with Gasteiger partial charge in [-0.3, -0.25) is 0 Å². The third kappa shape index (κ3) is 3.92. The molecule has 0 aliphatic heterocycles. The molecule has 1 heterocycles. The molecule has 0 bridgehead atoms. The lowest BCUT2D eigenvalue weighted by Crippen LogP contribution is -2.16. The summed E-state index contributed by atoms with van der Waals surface area (Å²) in [6, 6.07) is 8.91. The van der Waals surface area contributed by atoms with Crippen LogP contribution < -0.4 is 5.32 Å². The molecule has 0 fully saturated rings. The van der Waals surface area contributed by atoms with Crippen molar-refractivity contribution in [3.05, 3.63) is 53.6 Å². The van der Waals surface area contributed by atoms with Crippen LogP contribution in [0.15, 0.2) is 36.8 Å². The van der Waals surface area contributed by atoms with Gasteiger partial charge in [-0.2, -0.15) is 0 Å². The van der Waals surface area contributed by atoms with E-state index in [1.54, 1.807) is 7.11 Å². The second kappa shape index (κ2) is 7.22. The summed E-state index contributed by atoms with van der Waals surface area (Å²) >= 11 is 0. The van der Waals surface area contributed by atoms with Gasteiger partial charge in [0.15, 0.2) is 0 Å². The lowest BCUT2D eigenvalue weighted by Gasteiger charge is -2.12. The van der Waals surface area contributed by atoms with Crippen LogP contribution in [0, 0.1) is 0 Å². The summed E-state index contributed by atoms with van der Waals surface area (Å²) in [4.78, 5) is 4.21. The number of ether oxygens (including phenoxy) is 1. The fourth-order valence-corrected chi connectivity index (χ4v) is 2.26. The molecule has 0 amide bonds. The molecule has 2 rings (SSSR count). The molecule has 0 aliphatic rings. The smallest absolute Gasteiger partial charge is 0.0951 e. The summed E-state index contributed by atoms with van der Waals surface area (Å²) in [5.74, 6) is 0. The Morgan fingerprint density at radius 3 is 2.80 bits per heavy atom. The number of hydrogen-bond acceptors (Lipinski definition) is 3. The SMILES string of the molecule is COCc1cccc(CNCc2cncn2C(C)C)c1. The van der Waals surface area contributed by atoms with E-state index in [1.807, 2.05) is 12.5 Å².